The van der Waals surface area contributed by atoms with Crippen LogP contribution in [0, 0.1) is 0 Å². The molecule has 1 fully saturated rings. The van der Waals surface area contributed by atoms with E-state index in [-0.39, 0.29) is 11.8 Å². The number of hydrogen-bond donors (Lipinski definition) is 1. The smallest absolute Gasteiger partial charge is 0.246 e. The van der Waals surface area contributed by atoms with Crippen LogP contribution in [0.5, 0.6) is 0 Å². The lowest BCUT2D eigenvalue weighted by Crippen LogP contribution is -2.35. The van der Waals surface area contributed by atoms with Gasteiger partial charge in [-0.15, -0.1) is 11.3 Å². The van der Waals surface area contributed by atoms with Gasteiger partial charge in [-0.25, -0.2) is 9.97 Å². The Morgan fingerprint density at radius 2 is 2.04 bits per heavy atom. The number of rotatable bonds is 3. The molecule has 2 aromatic heterocycles. The summed E-state index contributed by atoms with van der Waals surface area (Å²) in [6, 6.07) is 1.98. The van der Waals surface area contributed by atoms with Gasteiger partial charge in [0.25, 0.3) is 0 Å². The number of piperidine rings is 1. The van der Waals surface area contributed by atoms with E-state index in [0.29, 0.717) is 18.7 Å². The van der Waals surface area contributed by atoms with Gasteiger partial charge in [0.15, 0.2) is 0 Å². The molecular weight excluding hydrogens is 360 g/mol. The van der Waals surface area contributed by atoms with Gasteiger partial charge < -0.3 is 10.2 Å². The van der Waals surface area contributed by atoms with Crippen molar-refractivity contribution in [3.05, 3.63) is 51.6 Å². The van der Waals surface area contributed by atoms with Crippen molar-refractivity contribution < 1.29 is 9.59 Å². The summed E-state index contributed by atoms with van der Waals surface area (Å²) in [4.78, 5) is 34.3. The summed E-state index contributed by atoms with van der Waals surface area (Å²) in [5, 5.41) is 5.77. The highest BCUT2D eigenvalue weighted by atomic mass is 32.1. The Bertz CT molecular complexity index is 908. The van der Waals surface area contributed by atoms with E-state index < -0.39 is 0 Å². The number of carbonyl (C=O) groups is 2. The molecule has 0 saturated carbocycles. The SMILES string of the molecule is O=C1CCc2cc(/C=C/C(=O)N3CCC(=Cc4nccs4)CC3)cnc2N1. The zero-order valence-electron chi connectivity index (χ0n) is 14.9. The van der Waals surface area contributed by atoms with Crippen LogP contribution in [0.15, 0.2) is 35.5 Å². The highest BCUT2D eigenvalue weighted by Crippen LogP contribution is 2.22. The highest BCUT2D eigenvalue weighted by Gasteiger charge is 2.18. The second-order valence-corrected chi connectivity index (χ2v) is 7.58. The van der Waals surface area contributed by atoms with Gasteiger partial charge in [0, 0.05) is 43.4 Å². The summed E-state index contributed by atoms with van der Waals surface area (Å²) in [5.41, 5.74) is 3.23. The summed E-state index contributed by atoms with van der Waals surface area (Å²) in [5.74, 6) is 0.654. The van der Waals surface area contributed by atoms with E-state index in [4.69, 9.17) is 0 Å². The summed E-state index contributed by atoms with van der Waals surface area (Å²) in [6.45, 7) is 1.46. The van der Waals surface area contributed by atoms with Crippen LogP contribution < -0.4 is 5.32 Å². The number of likely N-dealkylation sites (tertiary alicyclic amines) is 1. The van der Waals surface area contributed by atoms with Crippen LogP contribution in [0.2, 0.25) is 0 Å². The van der Waals surface area contributed by atoms with E-state index in [1.54, 1.807) is 29.7 Å². The van der Waals surface area contributed by atoms with Crippen molar-refractivity contribution in [2.24, 2.45) is 0 Å². The van der Waals surface area contributed by atoms with E-state index in [1.807, 2.05) is 22.5 Å². The first-order valence-corrected chi connectivity index (χ1v) is 9.90. The standard InChI is InChI=1S/C20H20N4O2S/c25-17-3-2-16-11-15(13-22-20(16)23-17)1-4-19(26)24-8-5-14(6-9-24)12-18-21-7-10-27-18/h1,4,7,10-13H,2-3,5-6,8-9H2,(H,22,23,25)/b4-1+. The van der Waals surface area contributed by atoms with Gasteiger partial charge in [-0.2, -0.15) is 0 Å². The number of amides is 2. The second-order valence-electron chi connectivity index (χ2n) is 6.66. The normalized spacial score (nSPS) is 17.0. The minimum atomic E-state index is 0.00171. The average molecular weight is 380 g/mol. The summed E-state index contributed by atoms with van der Waals surface area (Å²) in [6.07, 6.45) is 12.0. The van der Waals surface area contributed by atoms with Crippen molar-refractivity contribution >= 4 is 41.1 Å². The Balaban J connectivity index is 1.35. The van der Waals surface area contributed by atoms with Crippen LogP contribution in [-0.4, -0.2) is 39.8 Å². The van der Waals surface area contributed by atoms with Crippen LogP contribution in [0.1, 0.15) is 35.4 Å². The monoisotopic (exact) mass is 380 g/mol. The molecular formula is C20H20N4O2S. The predicted octanol–water partition coefficient (Wildman–Crippen LogP) is 3.14. The number of thiazole rings is 1. The minimum Gasteiger partial charge on any atom is -0.339 e. The summed E-state index contributed by atoms with van der Waals surface area (Å²) < 4.78 is 0. The van der Waals surface area contributed by atoms with Crippen LogP contribution in [-0.2, 0) is 16.0 Å². The van der Waals surface area contributed by atoms with Gasteiger partial charge in [-0.3, -0.25) is 9.59 Å². The van der Waals surface area contributed by atoms with Gasteiger partial charge in [-0.1, -0.05) is 5.57 Å². The molecule has 0 radical (unpaired) electrons. The Morgan fingerprint density at radius 1 is 1.19 bits per heavy atom. The average Bonchev–Trinajstić information content (AvgIpc) is 3.19. The lowest BCUT2D eigenvalue weighted by atomic mass is 10.0. The molecule has 0 aromatic carbocycles. The van der Waals surface area contributed by atoms with E-state index in [0.717, 1.165) is 42.1 Å². The van der Waals surface area contributed by atoms with Crippen molar-refractivity contribution in [3.63, 3.8) is 0 Å². The van der Waals surface area contributed by atoms with Crippen LogP contribution in [0.4, 0.5) is 5.82 Å². The fourth-order valence-electron chi connectivity index (χ4n) is 3.28. The molecule has 0 atom stereocenters. The topological polar surface area (TPSA) is 75.2 Å². The second kappa shape index (κ2) is 7.84. The number of aryl methyl sites for hydroxylation is 1. The molecule has 2 aromatic rings. The number of pyridine rings is 1. The largest absolute Gasteiger partial charge is 0.339 e. The first kappa shape index (κ1) is 17.6. The molecule has 4 rings (SSSR count). The van der Waals surface area contributed by atoms with E-state index in [2.05, 4.69) is 21.4 Å². The third-order valence-corrected chi connectivity index (χ3v) is 5.50. The third kappa shape index (κ3) is 4.31. The van der Waals surface area contributed by atoms with Crippen molar-refractivity contribution in [2.75, 3.05) is 18.4 Å². The van der Waals surface area contributed by atoms with Gasteiger partial charge in [-0.05, 0) is 48.6 Å². The number of anilines is 1. The molecule has 27 heavy (non-hydrogen) atoms. The molecule has 1 N–H and O–H groups in total. The lowest BCUT2D eigenvalue weighted by Gasteiger charge is -2.27. The molecule has 2 amide bonds. The van der Waals surface area contributed by atoms with E-state index in [1.165, 1.54) is 5.57 Å². The molecule has 1 saturated heterocycles. The maximum atomic E-state index is 12.5. The van der Waals surface area contributed by atoms with Crippen molar-refractivity contribution in [1.82, 2.24) is 14.9 Å². The Labute approximate surface area is 161 Å². The van der Waals surface area contributed by atoms with E-state index in [9.17, 15) is 9.59 Å². The van der Waals surface area contributed by atoms with E-state index >= 15 is 0 Å². The maximum absolute atomic E-state index is 12.5. The van der Waals surface area contributed by atoms with Gasteiger partial charge in [0.05, 0.1) is 0 Å². The first-order chi connectivity index (χ1) is 13.2. The zero-order chi connectivity index (χ0) is 18.6. The quantitative estimate of drug-likeness (QED) is 0.830. The molecule has 0 bridgehead atoms. The molecule has 4 heterocycles. The van der Waals surface area contributed by atoms with Crippen LogP contribution in [0.3, 0.4) is 0 Å². The molecule has 138 valence electrons. The maximum Gasteiger partial charge on any atom is 0.246 e. The molecule has 2 aliphatic rings. The fraction of sp³-hybridized carbons (Fsp3) is 0.300. The first-order valence-electron chi connectivity index (χ1n) is 9.02. The number of nitrogens with zero attached hydrogens (tertiary/aromatic N) is 3. The number of aromatic nitrogens is 2. The Morgan fingerprint density at radius 3 is 2.81 bits per heavy atom. The summed E-state index contributed by atoms with van der Waals surface area (Å²) in [7, 11) is 0. The molecule has 2 aliphatic heterocycles. The molecule has 0 aliphatic carbocycles. The zero-order valence-corrected chi connectivity index (χ0v) is 15.7. The molecule has 0 unspecified atom stereocenters. The predicted molar refractivity (Wildman–Crippen MR) is 106 cm³/mol. The summed E-state index contributed by atoms with van der Waals surface area (Å²) >= 11 is 1.63. The lowest BCUT2D eigenvalue weighted by molar-refractivity contribution is -0.126. The minimum absolute atomic E-state index is 0.00171. The van der Waals surface area contributed by atoms with Gasteiger partial charge in [0.1, 0.15) is 10.8 Å². The fourth-order valence-corrected chi connectivity index (χ4v) is 3.90. The Hall–Kier alpha value is -2.80. The molecule has 6 nitrogen and oxygen atoms in total. The van der Waals surface area contributed by atoms with Crippen LogP contribution >= 0.6 is 11.3 Å². The van der Waals surface area contributed by atoms with Crippen LogP contribution in [0.25, 0.3) is 12.2 Å². The van der Waals surface area contributed by atoms with Crippen molar-refractivity contribution in [3.8, 4) is 0 Å². The number of hydrogen-bond acceptors (Lipinski definition) is 5. The van der Waals surface area contributed by atoms with Gasteiger partial charge in [0.2, 0.25) is 11.8 Å². The third-order valence-electron chi connectivity index (χ3n) is 4.78. The van der Waals surface area contributed by atoms with Crippen molar-refractivity contribution in [2.45, 2.75) is 25.7 Å². The molecule has 7 heteroatoms. The highest BCUT2D eigenvalue weighted by molar-refractivity contribution is 7.10. The Kier molecular flexibility index (Phi) is 5.11. The number of nitrogens with one attached hydrogen (secondary N) is 1. The molecule has 0 spiro atoms. The van der Waals surface area contributed by atoms with Gasteiger partial charge >= 0.3 is 0 Å². The van der Waals surface area contributed by atoms with Crippen molar-refractivity contribution in [1.29, 1.82) is 0 Å². The number of carbonyl (C=O) groups excluding carboxylic acids is 2. The number of fused-ring (bicyclic) bond motifs is 1.